The van der Waals surface area contributed by atoms with Gasteiger partial charge in [0.15, 0.2) is 0 Å². The molecule has 1 aromatic heterocycles. The smallest absolute Gasteiger partial charge is 0.253 e. The number of carbonyl (C=O) groups is 2. The van der Waals surface area contributed by atoms with Gasteiger partial charge in [0.05, 0.1) is 23.0 Å². The normalized spacial score (nSPS) is 11.6. The fourth-order valence-electron chi connectivity index (χ4n) is 2.55. The number of hydrogen-bond donors (Lipinski definition) is 2. The van der Waals surface area contributed by atoms with Gasteiger partial charge in [0, 0.05) is 7.05 Å². The maximum Gasteiger partial charge on any atom is 0.253 e. The molecule has 0 bridgehead atoms. The first-order chi connectivity index (χ1) is 13.5. The molecule has 144 valence electrons. The van der Waals surface area contributed by atoms with Crippen molar-refractivity contribution in [3.8, 4) is 0 Å². The Morgan fingerprint density at radius 1 is 1.11 bits per heavy atom. The molecule has 0 spiro atoms. The van der Waals surface area contributed by atoms with E-state index in [-0.39, 0.29) is 23.6 Å². The quantitative estimate of drug-likeness (QED) is 0.595. The summed E-state index contributed by atoms with van der Waals surface area (Å²) in [7, 11) is 1.70. The third-order valence-electron chi connectivity index (χ3n) is 4.01. The van der Waals surface area contributed by atoms with Gasteiger partial charge in [0.1, 0.15) is 0 Å². The zero-order valence-corrected chi connectivity index (χ0v) is 16.3. The minimum absolute atomic E-state index is 0.130. The Bertz CT molecular complexity index is 960. The Morgan fingerprint density at radius 2 is 1.82 bits per heavy atom. The molecule has 0 aliphatic rings. The maximum atomic E-state index is 12.7. The number of aromatic nitrogens is 4. The van der Waals surface area contributed by atoms with E-state index >= 15 is 0 Å². The molecule has 0 aliphatic heterocycles. The molecule has 0 aliphatic carbocycles. The van der Waals surface area contributed by atoms with Gasteiger partial charge < -0.3 is 10.6 Å². The molecule has 9 heteroatoms. The summed E-state index contributed by atoms with van der Waals surface area (Å²) < 4.78 is 1.49. The lowest BCUT2D eigenvalue weighted by Crippen LogP contribution is -2.28. The molecule has 2 N–H and O–H groups in total. The predicted molar refractivity (Wildman–Crippen MR) is 107 cm³/mol. The zero-order chi connectivity index (χ0) is 19.9. The van der Waals surface area contributed by atoms with E-state index in [1.807, 2.05) is 37.3 Å². The van der Waals surface area contributed by atoms with Crippen LogP contribution in [0.5, 0.6) is 0 Å². The number of benzene rings is 2. The minimum Gasteiger partial charge on any atom is -0.345 e. The number of hydrogen-bond acceptors (Lipinski definition) is 6. The van der Waals surface area contributed by atoms with Crippen molar-refractivity contribution in [2.45, 2.75) is 18.1 Å². The number of amides is 2. The van der Waals surface area contributed by atoms with Gasteiger partial charge >= 0.3 is 0 Å². The van der Waals surface area contributed by atoms with Crippen LogP contribution in [0.3, 0.4) is 0 Å². The van der Waals surface area contributed by atoms with Crippen molar-refractivity contribution < 1.29 is 9.59 Å². The number of anilines is 1. The molecule has 28 heavy (non-hydrogen) atoms. The molecule has 1 heterocycles. The average molecular weight is 396 g/mol. The van der Waals surface area contributed by atoms with E-state index in [0.29, 0.717) is 16.4 Å². The highest BCUT2D eigenvalue weighted by atomic mass is 32.2. The Balaban J connectivity index is 1.64. The highest BCUT2D eigenvalue weighted by molar-refractivity contribution is 7.99. The lowest BCUT2D eigenvalue weighted by atomic mass is 10.1. The van der Waals surface area contributed by atoms with E-state index in [4.69, 9.17) is 0 Å². The second kappa shape index (κ2) is 9.14. The lowest BCUT2D eigenvalue weighted by molar-refractivity contribution is -0.113. The van der Waals surface area contributed by atoms with Gasteiger partial charge in [-0.3, -0.25) is 9.59 Å². The van der Waals surface area contributed by atoms with Crippen LogP contribution in [0, 0.1) is 0 Å². The molecular weight excluding hydrogens is 376 g/mol. The summed E-state index contributed by atoms with van der Waals surface area (Å²) in [5, 5.41) is 17.4. The highest BCUT2D eigenvalue weighted by Gasteiger charge is 2.16. The molecule has 0 saturated heterocycles. The van der Waals surface area contributed by atoms with E-state index in [1.165, 1.54) is 16.4 Å². The standard InChI is InChI=1S/C19H20N6O2S/c1-13(14-8-4-3-5-9-14)20-18(27)15-10-6-7-11-16(15)21-17(26)12-28-19-22-23-24-25(19)2/h3-11,13H,12H2,1-2H3,(H,20,27)(H,21,26)/t13-/m0/s1. The van der Waals surface area contributed by atoms with Crippen molar-refractivity contribution in [2.24, 2.45) is 7.05 Å². The monoisotopic (exact) mass is 396 g/mol. The van der Waals surface area contributed by atoms with Crippen LogP contribution in [0.4, 0.5) is 5.69 Å². The van der Waals surface area contributed by atoms with Crippen molar-refractivity contribution >= 4 is 29.3 Å². The predicted octanol–water partition coefficient (Wildman–Crippen LogP) is 2.43. The van der Waals surface area contributed by atoms with Crippen molar-refractivity contribution in [1.29, 1.82) is 0 Å². The first-order valence-electron chi connectivity index (χ1n) is 8.64. The van der Waals surface area contributed by atoms with Crippen molar-refractivity contribution in [1.82, 2.24) is 25.5 Å². The molecule has 2 amide bonds. The SMILES string of the molecule is C[C@H](NC(=O)c1ccccc1NC(=O)CSc1nnnn1C)c1ccccc1. The third-order valence-corrected chi connectivity index (χ3v) is 5.02. The Kier molecular flexibility index (Phi) is 6.38. The van der Waals surface area contributed by atoms with E-state index in [9.17, 15) is 9.59 Å². The van der Waals surface area contributed by atoms with Gasteiger partial charge in [0.2, 0.25) is 11.1 Å². The summed E-state index contributed by atoms with van der Waals surface area (Å²) in [6.07, 6.45) is 0. The molecule has 3 aromatic rings. The number of para-hydroxylation sites is 1. The van der Waals surface area contributed by atoms with Crippen LogP contribution >= 0.6 is 11.8 Å². The number of tetrazole rings is 1. The van der Waals surface area contributed by atoms with Gasteiger partial charge in [0.25, 0.3) is 5.91 Å². The van der Waals surface area contributed by atoms with Crippen LogP contribution in [-0.2, 0) is 11.8 Å². The fraction of sp³-hybridized carbons (Fsp3) is 0.211. The lowest BCUT2D eigenvalue weighted by Gasteiger charge is -2.16. The Morgan fingerprint density at radius 3 is 2.54 bits per heavy atom. The molecule has 8 nitrogen and oxygen atoms in total. The van der Waals surface area contributed by atoms with Crippen LogP contribution in [0.25, 0.3) is 0 Å². The second-order valence-electron chi connectivity index (χ2n) is 6.07. The van der Waals surface area contributed by atoms with Crippen LogP contribution in [0.2, 0.25) is 0 Å². The first-order valence-corrected chi connectivity index (χ1v) is 9.63. The van der Waals surface area contributed by atoms with Crippen molar-refractivity contribution in [3.05, 3.63) is 65.7 Å². The Labute approximate surface area is 166 Å². The van der Waals surface area contributed by atoms with Gasteiger partial charge in [-0.25, -0.2) is 4.68 Å². The summed E-state index contributed by atoms with van der Waals surface area (Å²) in [5.41, 5.74) is 1.87. The minimum atomic E-state index is -0.252. The number of nitrogens with zero attached hydrogens (tertiary/aromatic N) is 4. The second-order valence-corrected chi connectivity index (χ2v) is 7.02. The first kappa shape index (κ1) is 19.6. The summed E-state index contributed by atoms with van der Waals surface area (Å²) in [6, 6.07) is 16.5. The van der Waals surface area contributed by atoms with Crippen LogP contribution < -0.4 is 10.6 Å². The number of carbonyl (C=O) groups excluding carboxylic acids is 2. The zero-order valence-electron chi connectivity index (χ0n) is 15.5. The van der Waals surface area contributed by atoms with Crippen LogP contribution in [-0.4, -0.2) is 37.8 Å². The fourth-order valence-corrected chi connectivity index (χ4v) is 3.20. The molecular formula is C19H20N6O2S. The molecule has 3 rings (SSSR count). The average Bonchev–Trinajstić information content (AvgIpc) is 3.12. The Hall–Kier alpha value is -3.20. The summed E-state index contributed by atoms with van der Waals surface area (Å²) >= 11 is 1.22. The van der Waals surface area contributed by atoms with Crippen molar-refractivity contribution in [2.75, 3.05) is 11.1 Å². The van der Waals surface area contributed by atoms with Gasteiger partial charge in [-0.2, -0.15) is 0 Å². The van der Waals surface area contributed by atoms with Gasteiger partial charge in [-0.15, -0.1) is 5.10 Å². The van der Waals surface area contributed by atoms with Crippen molar-refractivity contribution in [3.63, 3.8) is 0 Å². The van der Waals surface area contributed by atoms with Crippen LogP contribution in [0.1, 0.15) is 28.9 Å². The molecule has 2 aromatic carbocycles. The third kappa shape index (κ3) is 4.95. The highest BCUT2D eigenvalue weighted by Crippen LogP contribution is 2.19. The molecule has 0 radical (unpaired) electrons. The number of nitrogens with one attached hydrogen (secondary N) is 2. The molecule has 0 saturated carbocycles. The maximum absolute atomic E-state index is 12.7. The van der Waals surface area contributed by atoms with E-state index in [2.05, 4.69) is 26.2 Å². The molecule has 0 unspecified atom stereocenters. The molecule has 0 fully saturated rings. The summed E-state index contributed by atoms with van der Waals surface area (Å²) in [4.78, 5) is 25.0. The topological polar surface area (TPSA) is 102 Å². The number of rotatable bonds is 7. The van der Waals surface area contributed by atoms with Gasteiger partial charge in [-0.1, -0.05) is 54.2 Å². The number of aryl methyl sites for hydroxylation is 1. The summed E-state index contributed by atoms with van der Waals surface area (Å²) in [5.74, 6) is -0.369. The van der Waals surface area contributed by atoms with E-state index < -0.39 is 0 Å². The van der Waals surface area contributed by atoms with E-state index in [0.717, 1.165) is 5.56 Å². The summed E-state index contributed by atoms with van der Waals surface area (Å²) in [6.45, 7) is 1.92. The van der Waals surface area contributed by atoms with Crippen LogP contribution in [0.15, 0.2) is 59.8 Å². The molecule has 1 atom stereocenters. The largest absolute Gasteiger partial charge is 0.345 e. The van der Waals surface area contributed by atoms with Gasteiger partial charge in [-0.05, 0) is 35.0 Å². The number of thioether (sulfide) groups is 1. The van der Waals surface area contributed by atoms with E-state index in [1.54, 1.807) is 31.3 Å².